The summed E-state index contributed by atoms with van der Waals surface area (Å²) in [4.78, 5) is 12.6. The molecule has 158 valence electrons. The number of carbonyl (C=O) groups excluding carboxylic acids is 1. The Balaban J connectivity index is 1.53. The molecule has 0 aliphatic rings. The van der Waals surface area contributed by atoms with Crippen molar-refractivity contribution in [2.45, 2.75) is 32.6 Å². The molecule has 3 aromatic rings. The third-order valence-electron chi connectivity index (χ3n) is 5.15. The van der Waals surface area contributed by atoms with Gasteiger partial charge in [-0.25, -0.2) is 8.42 Å². The van der Waals surface area contributed by atoms with E-state index in [0.29, 0.717) is 25.1 Å². The van der Waals surface area contributed by atoms with E-state index in [1.54, 1.807) is 0 Å². The lowest BCUT2D eigenvalue weighted by molar-refractivity contribution is 0.0953. The van der Waals surface area contributed by atoms with E-state index >= 15 is 0 Å². The van der Waals surface area contributed by atoms with Crippen molar-refractivity contribution in [3.63, 3.8) is 0 Å². The highest BCUT2D eigenvalue weighted by atomic mass is 32.2. The molecule has 6 heteroatoms. The third-order valence-corrected chi connectivity index (χ3v) is 6.83. The van der Waals surface area contributed by atoms with Crippen LogP contribution in [0.5, 0.6) is 0 Å². The first-order valence-corrected chi connectivity index (χ1v) is 11.9. The van der Waals surface area contributed by atoms with E-state index in [1.807, 2.05) is 68.4 Å². The molecule has 0 bridgehead atoms. The Hall–Kier alpha value is -2.86. The quantitative estimate of drug-likeness (QED) is 0.530. The summed E-state index contributed by atoms with van der Waals surface area (Å²) in [5.41, 5.74) is 4.52. The highest BCUT2D eigenvalue weighted by molar-refractivity contribution is 7.90. The van der Waals surface area contributed by atoms with E-state index in [9.17, 15) is 13.2 Å². The summed E-state index contributed by atoms with van der Waals surface area (Å²) < 4.78 is 26.7. The van der Waals surface area contributed by atoms with Crippen LogP contribution in [0.15, 0.2) is 66.7 Å². The standard InChI is InChI=1S/C24H28N2O3S/c1-19-16-23(20(2)26(19)17-21-10-5-3-6-11-21)24(27)25-14-9-15-30(28,29)18-22-12-7-4-8-13-22/h3-8,10-13,16H,9,14-15,17-18H2,1-2H3,(H,25,27). The Labute approximate surface area is 178 Å². The number of hydrogen-bond donors (Lipinski definition) is 1. The average molecular weight is 425 g/mol. The van der Waals surface area contributed by atoms with Crippen LogP contribution in [0.3, 0.4) is 0 Å². The number of rotatable bonds is 9. The van der Waals surface area contributed by atoms with Gasteiger partial charge in [-0.05, 0) is 37.5 Å². The predicted molar refractivity (Wildman–Crippen MR) is 120 cm³/mol. The number of sulfone groups is 1. The zero-order valence-corrected chi connectivity index (χ0v) is 18.3. The van der Waals surface area contributed by atoms with Crippen molar-refractivity contribution in [3.05, 3.63) is 94.8 Å². The molecule has 1 aromatic heterocycles. The first-order valence-electron chi connectivity index (χ1n) is 10.1. The Morgan fingerprint density at radius 1 is 0.933 bits per heavy atom. The molecule has 0 aliphatic carbocycles. The van der Waals surface area contributed by atoms with Crippen molar-refractivity contribution >= 4 is 15.7 Å². The Kier molecular flexibility index (Phi) is 7.11. The van der Waals surface area contributed by atoms with Gasteiger partial charge in [-0.3, -0.25) is 4.79 Å². The number of amides is 1. The molecule has 1 amide bonds. The van der Waals surface area contributed by atoms with Crippen molar-refractivity contribution in [1.29, 1.82) is 0 Å². The van der Waals surface area contributed by atoms with Crippen molar-refractivity contribution in [1.82, 2.24) is 9.88 Å². The molecular formula is C24H28N2O3S. The summed E-state index contributed by atoms with van der Waals surface area (Å²) in [6, 6.07) is 21.2. The molecule has 3 rings (SSSR count). The SMILES string of the molecule is Cc1cc(C(=O)NCCCS(=O)(=O)Cc2ccccc2)c(C)n1Cc1ccccc1. The van der Waals surface area contributed by atoms with Gasteiger partial charge < -0.3 is 9.88 Å². The lowest BCUT2D eigenvalue weighted by Crippen LogP contribution is -2.26. The number of carbonyl (C=O) groups is 1. The van der Waals surface area contributed by atoms with Gasteiger partial charge in [-0.15, -0.1) is 0 Å². The Morgan fingerprint density at radius 3 is 2.17 bits per heavy atom. The lowest BCUT2D eigenvalue weighted by Gasteiger charge is -2.10. The molecule has 0 radical (unpaired) electrons. The van der Waals surface area contributed by atoms with E-state index < -0.39 is 9.84 Å². The van der Waals surface area contributed by atoms with Crippen molar-refractivity contribution in [2.75, 3.05) is 12.3 Å². The minimum atomic E-state index is -3.20. The smallest absolute Gasteiger partial charge is 0.253 e. The predicted octanol–water partition coefficient (Wildman–Crippen LogP) is 3.89. The van der Waals surface area contributed by atoms with Crippen molar-refractivity contribution < 1.29 is 13.2 Å². The van der Waals surface area contributed by atoms with Gasteiger partial charge in [0.2, 0.25) is 0 Å². The molecule has 5 nitrogen and oxygen atoms in total. The highest BCUT2D eigenvalue weighted by Crippen LogP contribution is 2.17. The van der Waals surface area contributed by atoms with Gasteiger partial charge in [0, 0.05) is 24.5 Å². The van der Waals surface area contributed by atoms with Crippen LogP contribution >= 0.6 is 0 Å². The number of nitrogens with zero attached hydrogens (tertiary/aromatic N) is 1. The van der Waals surface area contributed by atoms with E-state index in [4.69, 9.17) is 0 Å². The van der Waals surface area contributed by atoms with Gasteiger partial charge in [-0.1, -0.05) is 60.7 Å². The first-order chi connectivity index (χ1) is 14.4. The van der Waals surface area contributed by atoms with Gasteiger partial charge in [0.05, 0.1) is 17.1 Å². The number of benzene rings is 2. The van der Waals surface area contributed by atoms with Gasteiger partial charge in [0.25, 0.3) is 5.91 Å². The summed E-state index contributed by atoms with van der Waals surface area (Å²) in [7, 11) is -3.20. The van der Waals surface area contributed by atoms with Crippen LogP contribution in [-0.4, -0.2) is 31.2 Å². The van der Waals surface area contributed by atoms with Crippen molar-refractivity contribution in [3.8, 4) is 0 Å². The normalized spacial score (nSPS) is 11.4. The molecular weight excluding hydrogens is 396 g/mol. The van der Waals surface area contributed by atoms with Crippen LogP contribution in [0, 0.1) is 13.8 Å². The molecule has 0 atom stereocenters. The maximum Gasteiger partial charge on any atom is 0.253 e. The second-order valence-electron chi connectivity index (χ2n) is 7.54. The van der Waals surface area contributed by atoms with E-state index in [0.717, 1.165) is 17.0 Å². The Morgan fingerprint density at radius 2 is 1.53 bits per heavy atom. The topological polar surface area (TPSA) is 68.2 Å². The van der Waals surface area contributed by atoms with Crippen LogP contribution < -0.4 is 5.32 Å². The van der Waals surface area contributed by atoms with Crippen molar-refractivity contribution in [2.24, 2.45) is 0 Å². The van der Waals surface area contributed by atoms with Gasteiger partial charge >= 0.3 is 0 Å². The first kappa shape index (κ1) is 21.8. The van der Waals surface area contributed by atoms with Gasteiger partial charge in [0.15, 0.2) is 9.84 Å². The highest BCUT2D eigenvalue weighted by Gasteiger charge is 2.16. The third kappa shape index (κ3) is 5.83. The number of aromatic nitrogens is 1. The summed E-state index contributed by atoms with van der Waals surface area (Å²) in [5, 5.41) is 2.86. The van der Waals surface area contributed by atoms with Crippen LogP contribution in [0.25, 0.3) is 0 Å². The van der Waals surface area contributed by atoms with Gasteiger partial charge in [-0.2, -0.15) is 0 Å². The molecule has 0 unspecified atom stereocenters. The lowest BCUT2D eigenvalue weighted by atomic mass is 10.2. The van der Waals surface area contributed by atoms with Crippen LogP contribution in [0.1, 0.15) is 39.3 Å². The molecule has 0 saturated carbocycles. The summed E-state index contributed by atoms with van der Waals surface area (Å²) in [6.45, 7) is 4.97. The number of nitrogens with one attached hydrogen (secondary N) is 1. The minimum Gasteiger partial charge on any atom is -0.352 e. The monoisotopic (exact) mass is 424 g/mol. The maximum absolute atomic E-state index is 12.6. The molecule has 2 aromatic carbocycles. The van der Waals surface area contributed by atoms with E-state index in [2.05, 4.69) is 22.0 Å². The second kappa shape index (κ2) is 9.76. The maximum atomic E-state index is 12.6. The second-order valence-corrected chi connectivity index (χ2v) is 9.73. The minimum absolute atomic E-state index is 0.0302. The summed E-state index contributed by atoms with van der Waals surface area (Å²) >= 11 is 0. The van der Waals surface area contributed by atoms with Crippen LogP contribution in [-0.2, 0) is 22.1 Å². The fourth-order valence-corrected chi connectivity index (χ4v) is 4.96. The summed E-state index contributed by atoms with van der Waals surface area (Å²) in [5.74, 6) is -0.0830. The van der Waals surface area contributed by atoms with E-state index in [1.165, 1.54) is 5.56 Å². The van der Waals surface area contributed by atoms with Crippen LogP contribution in [0.2, 0.25) is 0 Å². The van der Waals surface area contributed by atoms with Gasteiger partial charge in [0.1, 0.15) is 0 Å². The summed E-state index contributed by atoms with van der Waals surface area (Å²) in [6.07, 6.45) is 0.393. The molecule has 1 heterocycles. The largest absolute Gasteiger partial charge is 0.352 e. The zero-order valence-electron chi connectivity index (χ0n) is 17.5. The molecule has 30 heavy (non-hydrogen) atoms. The number of aryl methyl sites for hydroxylation is 1. The molecule has 0 saturated heterocycles. The Bertz CT molecular complexity index is 1090. The van der Waals surface area contributed by atoms with E-state index in [-0.39, 0.29) is 17.4 Å². The molecule has 0 spiro atoms. The zero-order chi connectivity index (χ0) is 21.6. The fraction of sp³-hybridized carbons (Fsp3) is 0.292. The molecule has 0 aliphatic heterocycles. The number of hydrogen-bond acceptors (Lipinski definition) is 3. The van der Waals surface area contributed by atoms with Crippen LogP contribution in [0.4, 0.5) is 0 Å². The average Bonchev–Trinajstić information content (AvgIpc) is 3.00. The molecule has 1 N–H and O–H groups in total. The molecule has 0 fully saturated rings. The fourth-order valence-electron chi connectivity index (χ4n) is 3.53.